The molecule has 0 saturated heterocycles. The van der Waals surface area contributed by atoms with Gasteiger partial charge in [-0.05, 0) is 61.1 Å². The number of esters is 1. The molecule has 0 unspecified atom stereocenters. The molecule has 148 valence electrons. The molecule has 0 aromatic heterocycles. The number of methoxy groups -OCH3 is 1. The third-order valence-corrected chi connectivity index (χ3v) is 4.18. The lowest BCUT2D eigenvalue weighted by atomic mass is 10.2. The molecule has 0 atom stereocenters. The first-order valence-electron chi connectivity index (χ1n) is 8.67. The van der Waals surface area contributed by atoms with Crippen molar-refractivity contribution in [3.8, 4) is 5.75 Å². The van der Waals surface area contributed by atoms with Crippen LogP contribution in [0.2, 0.25) is 5.02 Å². The highest BCUT2D eigenvalue weighted by Crippen LogP contribution is 2.22. The summed E-state index contributed by atoms with van der Waals surface area (Å²) in [5, 5.41) is 5.97. The first kappa shape index (κ1) is 21.7. The fraction of sp³-hybridized carbons (Fsp3) is 0.250. The Labute approximate surface area is 174 Å². The molecule has 2 rings (SSSR count). The highest BCUT2D eigenvalue weighted by atomic mass is 35.5. The Morgan fingerprint density at radius 3 is 2.50 bits per heavy atom. The van der Waals surface area contributed by atoms with Gasteiger partial charge in [-0.1, -0.05) is 24.9 Å². The van der Waals surface area contributed by atoms with Crippen LogP contribution in [0.15, 0.2) is 42.5 Å². The Bertz CT molecular complexity index is 856. The van der Waals surface area contributed by atoms with Gasteiger partial charge in [0.25, 0.3) is 5.91 Å². The number of unbranched alkanes of at least 4 members (excludes halogenated alkanes) is 1. The zero-order chi connectivity index (χ0) is 20.5. The number of nitrogens with one attached hydrogen (secondary N) is 2. The highest BCUT2D eigenvalue weighted by molar-refractivity contribution is 7.80. The van der Waals surface area contributed by atoms with E-state index >= 15 is 0 Å². The van der Waals surface area contributed by atoms with Crippen molar-refractivity contribution in [1.29, 1.82) is 0 Å². The van der Waals surface area contributed by atoms with E-state index in [9.17, 15) is 9.59 Å². The van der Waals surface area contributed by atoms with E-state index in [0.717, 1.165) is 12.8 Å². The lowest BCUT2D eigenvalue weighted by molar-refractivity contribution is 0.0499. The summed E-state index contributed by atoms with van der Waals surface area (Å²) in [5.74, 6) is -0.437. The van der Waals surface area contributed by atoms with Crippen LogP contribution in [0.4, 0.5) is 5.69 Å². The number of benzene rings is 2. The lowest BCUT2D eigenvalue weighted by Gasteiger charge is -2.12. The minimum Gasteiger partial charge on any atom is -0.496 e. The van der Waals surface area contributed by atoms with E-state index in [0.29, 0.717) is 28.6 Å². The number of thiocarbonyl (C=S) groups is 1. The van der Waals surface area contributed by atoms with Crippen LogP contribution >= 0.6 is 23.8 Å². The number of carbonyl (C=O) groups excluding carboxylic acids is 2. The number of ether oxygens (including phenoxy) is 2. The minimum absolute atomic E-state index is 0.102. The average molecular weight is 421 g/mol. The number of hydrogen-bond donors (Lipinski definition) is 2. The van der Waals surface area contributed by atoms with Crippen molar-refractivity contribution >= 4 is 46.5 Å². The maximum atomic E-state index is 12.4. The molecular weight excluding hydrogens is 400 g/mol. The van der Waals surface area contributed by atoms with Crippen LogP contribution < -0.4 is 15.4 Å². The predicted octanol–water partition coefficient (Wildman–Crippen LogP) is 4.43. The molecule has 0 aliphatic carbocycles. The van der Waals surface area contributed by atoms with E-state index < -0.39 is 5.91 Å². The third-order valence-electron chi connectivity index (χ3n) is 3.74. The van der Waals surface area contributed by atoms with Gasteiger partial charge in [-0.2, -0.15) is 0 Å². The van der Waals surface area contributed by atoms with E-state index in [-0.39, 0.29) is 16.6 Å². The smallest absolute Gasteiger partial charge is 0.338 e. The Morgan fingerprint density at radius 1 is 1.14 bits per heavy atom. The Balaban J connectivity index is 1.95. The zero-order valence-corrected chi connectivity index (χ0v) is 17.2. The fourth-order valence-corrected chi connectivity index (χ4v) is 2.66. The quantitative estimate of drug-likeness (QED) is 0.392. The van der Waals surface area contributed by atoms with Crippen molar-refractivity contribution in [2.45, 2.75) is 19.8 Å². The number of amides is 1. The standard InChI is InChI=1S/C20H21ClN2O4S/c1-3-4-11-27-19(25)13-5-8-15(9-6-13)22-20(28)23-18(24)16-12-14(21)7-10-17(16)26-2/h5-10,12H,3-4,11H2,1-2H3,(H2,22,23,24,28). The van der Waals surface area contributed by atoms with Crippen LogP contribution in [-0.2, 0) is 4.74 Å². The summed E-state index contributed by atoms with van der Waals surface area (Å²) in [6, 6.07) is 11.3. The predicted molar refractivity (Wildman–Crippen MR) is 113 cm³/mol. The normalized spacial score (nSPS) is 10.1. The second-order valence-electron chi connectivity index (χ2n) is 5.82. The second-order valence-corrected chi connectivity index (χ2v) is 6.66. The van der Waals surface area contributed by atoms with Crippen molar-refractivity contribution in [3.63, 3.8) is 0 Å². The Kier molecular flexibility index (Phi) is 8.22. The molecule has 1 amide bonds. The van der Waals surface area contributed by atoms with Gasteiger partial charge in [-0.25, -0.2) is 4.79 Å². The van der Waals surface area contributed by atoms with Gasteiger partial charge in [0.2, 0.25) is 0 Å². The van der Waals surface area contributed by atoms with Gasteiger partial charge < -0.3 is 14.8 Å². The molecular formula is C20H21ClN2O4S. The van der Waals surface area contributed by atoms with E-state index in [1.807, 2.05) is 6.92 Å². The van der Waals surface area contributed by atoms with Crippen molar-refractivity contribution in [1.82, 2.24) is 5.32 Å². The second kappa shape index (κ2) is 10.6. The third kappa shape index (κ3) is 6.21. The van der Waals surface area contributed by atoms with Gasteiger partial charge in [0, 0.05) is 10.7 Å². The molecule has 0 saturated carbocycles. The molecule has 0 fully saturated rings. The van der Waals surface area contributed by atoms with Gasteiger partial charge >= 0.3 is 5.97 Å². The summed E-state index contributed by atoms with van der Waals surface area (Å²) in [6.45, 7) is 2.43. The maximum Gasteiger partial charge on any atom is 0.338 e. The topological polar surface area (TPSA) is 76.7 Å². The summed E-state index contributed by atoms with van der Waals surface area (Å²) in [5.41, 5.74) is 1.33. The molecule has 0 spiro atoms. The number of carbonyl (C=O) groups is 2. The molecule has 0 aliphatic heterocycles. The molecule has 0 bridgehead atoms. The van der Waals surface area contributed by atoms with Crippen LogP contribution in [0.25, 0.3) is 0 Å². The molecule has 2 aromatic rings. The molecule has 0 aliphatic rings. The number of hydrogen-bond acceptors (Lipinski definition) is 5. The van der Waals surface area contributed by atoms with Crippen molar-refractivity contribution in [2.75, 3.05) is 19.0 Å². The maximum absolute atomic E-state index is 12.4. The summed E-state index contributed by atoms with van der Waals surface area (Å²) in [7, 11) is 1.46. The zero-order valence-electron chi connectivity index (χ0n) is 15.6. The SMILES string of the molecule is CCCCOC(=O)c1ccc(NC(=S)NC(=O)c2cc(Cl)ccc2OC)cc1. The molecule has 6 nitrogen and oxygen atoms in total. The van der Waals surface area contributed by atoms with E-state index in [1.54, 1.807) is 36.4 Å². The van der Waals surface area contributed by atoms with Crippen LogP contribution in [0.1, 0.15) is 40.5 Å². The first-order valence-corrected chi connectivity index (χ1v) is 9.46. The number of halogens is 1. The summed E-state index contributed by atoms with van der Waals surface area (Å²) in [6.07, 6.45) is 1.79. The molecule has 8 heteroatoms. The van der Waals surface area contributed by atoms with E-state index in [4.69, 9.17) is 33.3 Å². The molecule has 2 N–H and O–H groups in total. The van der Waals surface area contributed by atoms with E-state index in [1.165, 1.54) is 13.2 Å². The summed E-state index contributed by atoms with van der Waals surface area (Å²) < 4.78 is 10.3. The summed E-state index contributed by atoms with van der Waals surface area (Å²) >= 11 is 11.1. The van der Waals surface area contributed by atoms with Gasteiger partial charge in [0.15, 0.2) is 5.11 Å². The molecule has 0 radical (unpaired) electrons. The largest absolute Gasteiger partial charge is 0.496 e. The van der Waals surface area contributed by atoms with Crippen molar-refractivity contribution < 1.29 is 19.1 Å². The number of rotatable bonds is 7. The highest BCUT2D eigenvalue weighted by Gasteiger charge is 2.14. The molecule has 2 aromatic carbocycles. The van der Waals surface area contributed by atoms with Crippen molar-refractivity contribution in [3.05, 3.63) is 58.6 Å². The van der Waals surface area contributed by atoms with Crippen LogP contribution in [-0.4, -0.2) is 30.7 Å². The number of anilines is 1. The Hall–Kier alpha value is -2.64. The van der Waals surface area contributed by atoms with Gasteiger partial charge in [0.1, 0.15) is 5.75 Å². The molecule has 0 heterocycles. The van der Waals surface area contributed by atoms with Crippen LogP contribution in [0.3, 0.4) is 0 Å². The minimum atomic E-state index is -0.451. The van der Waals surface area contributed by atoms with Crippen molar-refractivity contribution in [2.24, 2.45) is 0 Å². The first-order chi connectivity index (χ1) is 13.4. The average Bonchev–Trinajstić information content (AvgIpc) is 2.68. The summed E-state index contributed by atoms with van der Waals surface area (Å²) in [4.78, 5) is 24.3. The molecule has 28 heavy (non-hydrogen) atoms. The van der Waals surface area contributed by atoms with Crippen LogP contribution in [0, 0.1) is 0 Å². The van der Waals surface area contributed by atoms with Gasteiger partial charge in [0.05, 0.1) is 24.8 Å². The van der Waals surface area contributed by atoms with Gasteiger partial charge in [-0.3, -0.25) is 10.1 Å². The Morgan fingerprint density at radius 2 is 1.86 bits per heavy atom. The lowest BCUT2D eigenvalue weighted by Crippen LogP contribution is -2.34. The van der Waals surface area contributed by atoms with E-state index in [2.05, 4.69) is 10.6 Å². The fourth-order valence-electron chi connectivity index (χ4n) is 2.27. The van der Waals surface area contributed by atoms with Gasteiger partial charge in [-0.15, -0.1) is 0 Å². The monoisotopic (exact) mass is 420 g/mol. The van der Waals surface area contributed by atoms with Crippen LogP contribution in [0.5, 0.6) is 5.75 Å².